The van der Waals surface area contributed by atoms with Gasteiger partial charge < -0.3 is 5.32 Å². The van der Waals surface area contributed by atoms with Crippen molar-refractivity contribution >= 4 is 5.91 Å². The van der Waals surface area contributed by atoms with Crippen molar-refractivity contribution in [3.8, 4) is 0 Å². The van der Waals surface area contributed by atoms with Gasteiger partial charge in [-0.05, 0) is 32.1 Å². The summed E-state index contributed by atoms with van der Waals surface area (Å²) in [5, 5.41) is 2.85. The Bertz CT molecular complexity index is 260. The summed E-state index contributed by atoms with van der Waals surface area (Å²) < 4.78 is 0. The number of hydrogen-bond donors (Lipinski definition) is 1. The van der Waals surface area contributed by atoms with Crippen LogP contribution in [0.2, 0.25) is 0 Å². The minimum absolute atomic E-state index is 0.0905. The zero-order valence-electron chi connectivity index (χ0n) is 15.2. The Morgan fingerprint density at radius 3 is 1.68 bits per heavy atom. The van der Waals surface area contributed by atoms with Crippen molar-refractivity contribution in [2.75, 3.05) is 6.54 Å². The Morgan fingerprint density at radius 1 is 0.727 bits per heavy atom. The quantitative estimate of drug-likeness (QED) is 0.268. The highest BCUT2D eigenvalue weighted by molar-refractivity contribution is 5.72. The highest BCUT2D eigenvalue weighted by Gasteiger charge is 1.93. The van der Waals surface area contributed by atoms with Crippen LogP contribution in [0.15, 0.2) is 12.2 Å². The average molecular weight is 310 g/mol. The molecule has 0 aliphatic rings. The van der Waals surface area contributed by atoms with Gasteiger partial charge in [0.1, 0.15) is 0 Å². The maximum Gasteiger partial charge on any atom is 0.216 e. The molecule has 0 aliphatic carbocycles. The Labute approximate surface area is 139 Å². The van der Waals surface area contributed by atoms with E-state index in [0.717, 1.165) is 13.0 Å². The van der Waals surface area contributed by atoms with Gasteiger partial charge in [0.05, 0.1) is 0 Å². The summed E-state index contributed by atoms with van der Waals surface area (Å²) in [4.78, 5) is 10.7. The Hall–Kier alpha value is -0.790. The molecule has 1 N–H and O–H groups in total. The van der Waals surface area contributed by atoms with E-state index in [1.807, 2.05) is 0 Å². The van der Waals surface area contributed by atoms with Crippen LogP contribution >= 0.6 is 0 Å². The molecule has 0 saturated carbocycles. The van der Waals surface area contributed by atoms with E-state index in [1.54, 1.807) is 6.92 Å². The largest absolute Gasteiger partial charge is 0.356 e. The van der Waals surface area contributed by atoms with E-state index in [4.69, 9.17) is 0 Å². The van der Waals surface area contributed by atoms with E-state index in [1.165, 1.54) is 83.5 Å². The lowest BCUT2D eigenvalue weighted by molar-refractivity contribution is -0.118. The molecule has 0 rings (SSSR count). The molecule has 0 aromatic carbocycles. The number of hydrogen-bond acceptors (Lipinski definition) is 1. The molecule has 0 unspecified atom stereocenters. The molecule has 0 aliphatic heterocycles. The minimum atomic E-state index is 0.0905. The number of allylic oxidation sites excluding steroid dienone is 2. The van der Waals surface area contributed by atoms with Crippen LogP contribution in [-0.2, 0) is 4.79 Å². The van der Waals surface area contributed by atoms with Crippen LogP contribution in [0, 0.1) is 0 Å². The molecular formula is C20H39NO. The van der Waals surface area contributed by atoms with Crippen LogP contribution in [0.4, 0.5) is 0 Å². The van der Waals surface area contributed by atoms with Gasteiger partial charge in [0.2, 0.25) is 5.91 Å². The molecule has 2 heteroatoms. The lowest BCUT2D eigenvalue weighted by Gasteiger charge is -2.02. The van der Waals surface area contributed by atoms with Crippen molar-refractivity contribution in [2.24, 2.45) is 0 Å². The first kappa shape index (κ1) is 21.2. The van der Waals surface area contributed by atoms with Gasteiger partial charge >= 0.3 is 0 Å². The van der Waals surface area contributed by atoms with Crippen molar-refractivity contribution in [1.82, 2.24) is 5.32 Å². The molecular weight excluding hydrogens is 270 g/mol. The first-order valence-electron chi connectivity index (χ1n) is 9.66. The van der Waals surface area contributed by atoms with Gasteiger partial charge in [-0.1, -0.05) is 76.9 Å². The first-order chi connectivity index (χ1) is 10.8. The maximum absolute atomic E-state index is 10.7. The summed E-state index contributed by atoms with van der Waals surface area (Å²) in [6.45, 7) is 4.70. The molecule has 0 spiro atoms. The van der Waals surface area contributed by atoms with Gasteiger partial charge in [-0.25, -0.2) is 0 Å². The van der Waals surface area contributed by atoms with E-state index in [2.05, 4.69) is 24.4 Å². The number of nitrogens with one attached hydrogen (secondary N) is 1. The number of amides is 1. The van der Waals surface area contributed by atoms with Crippen LogP contribution < -0.4 is 5.32 Å². The number of unbranched alkanes of at least 4 members (excludes halogenated alkanes) is 12. The molecule has 1 amide bonds. The zero-order valence-corrected chi connectivity index (χ0v) is 15.2. The van der Waals surface area contributed by atoms with Crippen molar-refractivity contribution < 1.29 is 4.79 Å². The molecule has 0 aromatic rings. The number of rotatable bonds is 16. The van der Waals surface area contributed by atoms with Crippen LogP contribution in [-0.4, -0.2) is 12.5 Å². The molecule has 0 saturated heterocycles. The zero-order chi connectivity index (χ0) is 16.3. The second-order valence-electron chi connectivity index (χ2n) is 6.42. The molecule has 0 aromatic heterocycles. The monoisotopic (exact) mass is 309 g/mol. The number of carbonyl (C=O) groups is 1. The topological polar surface area (TPSA) is 29.1 Å². The standard InChI is InChI=1S/C20H39NO/c1-3-4-5-6-7-8-9-10-11-12-13-14-15-16-17-18-19-21-20(2)22/h10-11H,3-9,12-19H2,1-2H3,(H,21,22)/b11-10-. The van der Waals surface area contributed by atoms with Gasteiger partial charge in [-0.3, -0.25) is 4.79 Å². The van der Waals surface area contributed by atoms with Crippen LogP contribution in [0.5, 0.6) is 0 Å². The Balaban J connectivity index is 3.06. The van der Waals surface area contributed by atoms with Crippen molar-refractivity contribution in [3.05, 3.63) is 12.2 Å². The van der Waals surface area contributed by atoms with E-state index >= 15 is 0 Å². The smallest absolute Gasteiger partial charge is 0.216 e. The molecule has 2 nitrogen and oxygen atoms in total. The molecule has 0 bridgehead atoms. The Kier molecular flexibility index (Phi) is 17.6. The fourth-order valence-electron chi connectivity index (χ4n) is 2.64. The lowest BCUT2D eigenvalue weighted by atomic mass is 10.1. The van der Waals surface area contributed by atoms with Crippen molar-refractivity contribution in [3.63, 3.8) is 0 Å². The summed E-state index contributed by atoms with van der Waals surface area (Å²) in [6.07, 6.45) is 23.3. The van der Waals surface area contributed by atoms with E-state index in [0.29, 0.717) is 0 Å². The highest BCUT2D eigenvalue weighted by Crippen LogP contribution is 2.09. The molecule has 22 heavy (non-hydrogen) atoms. The van der Waals surface area contributed by atoms with Gasteiger partial charge in [-0.2, -0.15) is 0 Å². The third-order valence-electron chi connectivity index (χ3n) is 4.06. The van der Waals surface area contributed by atoms with Crippen LogP contribution in [0.1, 0.15) is 104 Å². The summed E-state index contributed by atoms with van der Waals surface area (Å²) in [5.74, 6) is 0.0905. The Morgan fingerprint density at radius 2 is 1.18 bits per heavy atom. The molecule has 130 valence electrons. The molecule has 0 radical (unpaired) electrons. The summed E-state index contributed by atoms with van der Waals surface area (Å²) in [7, 11) is 0. The fraction of sp³-hybridized carbons (Fsp3) is 0.850. The third-order valence-corrected chi connectivity index (χ3v) is 4.06. The predicted molar refractivity (Wildman–Crippen MR) is 98.1 cm³/mol. The van der Waals surface area contributed by atoms with Crippen LogP contribution in [0.3, 0.4) is 0 Å². The van der Waals surface area contributed by atoms with Gasteiger partial charge in [0.25, 0.3) is 0 Å². The predicted octanol–water partition coefficient (Wildman–Crippen LogP) is 6.16. The summed E-state index contributed by atoms with van der Waals surface area (Å²) in [6, 6.07) is 0. The van der Waals surface area contributed by atoms with Gasteiger partial charge in [0, 0.05) is 13.5 Å². The lowest BCUT2D eigenvalue weighted by Crippen LogP contribution is -2.20. The average Bonchev–Trinajstić information content (AvgIpc) is 2.50. The third kappa shape index (κ3) is 19.2. The molecule has 0 fully saturated rings. The summed E-state index contributed by atoms with van der Waals surface area (Å²) in [5.41, 5.74) is 0. The normalized spacial score (nSPS) is 11.2. The van der Waals surface area contributed by atoms with Gasteiger partial charge in [0.15, 0.2) is 0 Å². The SMILES string of the molecule is CCCCCCCC/C=C\CCCCCCCCNC(C)=O. The van der Waals surface area contributed by atoms with Gasteiger partial charge in [-0.15, -0.1) is 0 Å². The first-order valence-corrected chi connectivity index (χ1v) is 9.66. The van der Waals surface area contributed by atoms with E-state index in [-0.39, 0.29) is 5.91 Å². The van der Waals surface area contributed by atoms with Crippen LogP contribution in [0.25, 0.3) is 0 Å². The molecule has 0 atom stereocenters. The second kappa shape index (κ2) is 18.3. The maximum atomic E-state index is 10.7. The van der Waals surface area contributed by atoms with E-state index < -0.39 is 0 Å². The van der Waals surface area contributed by atoms with Crippen molar-refractivity contribution in [1.29, 1.82) is 0 Å². The van der Waals surface area contributed by atoms with Crippen molar-refractivity contribution in [2.45, 2.75) is 104 Å². The van der Waals surface area contributed by atoms with E-state index in [9.17, 15) is 4.79 Å². The fourth-order valence-corrected chi connectivity index (χ4v) is 2.64. The highest BCUT2D eigenvalue weighted by atomic mass is 16.1. The minimum Gasteiger partial charge on any atom is -0.356 e. The second-order valence-corrected chi connectivity index (χ2v) is 6.42. The summed E-state index contributed by atoms with van der Waals surface area (Å²) >= 11 is 0. The number of carbonyl (C=O) groups excluding carboxylic acids is 1. The molecule has 0 heterocycles.